The van der Waals surface area contributed by atoms with Gasteiger partial charge < -0.3 is 4.74 Å². The van der Waals surface area contributed by atoms with Crippen molar-refractivity contribution >= 4 is 6.29 Å². The van der Waals surface area contributed by atoms with Crippen LogP contribution in [0.25, 0.3) is 0 Å². The van der Waals surface area contributed by atoms with Crippen molar-refractivity contribution in [1.29, 1.82) is 0 Å². The Morgan fingerprint density at radius 1 is 1.06 bits per heavy atom. The Hall–Kier alpha value is -2.09. The molecule has 2 heteroatoms. The molecule has 0 fully saturated rings. The van der Waals surface area contributed by atoms with E-state index in [1.807, 2.05) is 44.2 Å². The summed E-state index contributed by atoms with van der Waals surface area (Å²) in [4.78, 5) is 10.7. The molecule has 17 heavy (non-hydrogen) atoms. The minimum Gasteiger partial charge on any atom is -0.457 e. The summed E-state index contributed by atoms with van der Waals surface area (Å²) in [5.41, 5.74) is 2.92. The lowest BCUT2D eigenvalue weighted by atomic mass is 10.1. The fourth-order valence-corrected chi connectivity index (χ4v) is 1.61. The number of ether oxygens (including phenoxy) is 1. The topological polar surface area (TPSA) is 26.3 Å². The summed E-state index contributed by atoms with van der Waals surface area (Å²) in [6.45, 7) is 4.07. The first-order valence-electron chi connectivity index (χ1n) is 5.50. The molecule has 0 radical (unpaired) electrons. The second-order valence-corrected chi connectivity index (χ2v) is 3.99. The zero-order valence-corrected chi connectivity index (χ0v) is 9.94. The molecule has 0 aliphatic rings. The van der Waals surface area contributed by atoms with Crippen molar-refractivity contribution in [3.05, 3.63) is 59.2 Å². The Balaban J connectivity index is 2.31. The maximum atomic E-state index is 10.7. The highest BCUT2D eigenvalue weighted by Crippen LogP contribution is 2.26. The van der Waals surface area contributed by atoms with Crippen molar-refractivity contribution in [2.24, 2.45) is 0 Å². The minimum absolute atomic E-state index is 0.618. The Kier molecular flexibility index (Phi) is 3.24. The van der Waals surface area contributed by atoms with Gasteiger partial charge in [0.25, 0.3) is 0 Å². The van der Waals surface area contributed by atoms with Crippen molar-refractivity contribution in [3.63, 3.8) is 0 Å². The molecule has 0 saturated carbocycles. The smallest absolute Gasteiger partial charge is 0.150 e. The van der Waals surface area contributed by atoms with Crippen LogP contribution in [0, 0.1) is 13.8 Å². The fourth-order valence-electron chi connectivity index (χ4n) is 1.61. The molecule has 0 N–H and O–H groups in total. The normalized spacial score (nSPS) is 10.0. The van der Waals surface area contributed by atoms with Gasteiger partial charge in [-0.25, -0.2) is 0 Å². The van der Waals surface area contributed by atoms with Gasteiger partial charge in [0, 0.05) is 5.56 Å². The first-order chi connectivity index (χ1) is 8.20. The number of hydrogen-bond donors (Lipinski definition) is 0. The highest BCUT2D eigenvalue weighted by molar-refractivity contribution is 5.75. The second-order valence-electron chi connectivity index (χ2n) is 3.99. The van der Waals surface area contributed by atoms with Gasteiger partial charge in [-0.3, -0.25) is 4.79 Å². The molecule has 2 aromatic carbocycles. The molecule has 0 spiro atoms. The lowest BCUT2D eigenvalue weighted by molar-refractivity contribution is 0.112. The van der Waals surface area contributed by atoms with Gasteiger partial charge in [-0.15, -0.1) is 0 Å². The van der Waals surface area contributed by atoms with E-state index in [1.54, 1.807) is 12.1 Å². The standard InChI is InChI=1S/C15H14O2/c1-11-5-3-8-15(12(11)2)17-14-7-4-6-13(9-14)10-16/h3-10H,1-2H3. The summed E-state index contributed by atoms with van der Waals surface area (Å²) in [6.07, 6.45) is 0.815. The van der Waals surface area contributed by atoms with Crippen LogP contribution in [0.15, 0.2) is 42.5 Å². The third-order valence-electron chi connectivity index (χ3n) is 2.78. The van der Waals surface area contributed by atoms with Gasteiger partial charge in [-0.1, -0.05) is 24.3 Å². The first kappa shape index (κ1) is 11.4. The van der Waals surface area contributed by atoms with Gasteiger partial charge in [-0.05, 0) is 43.2 Å². The van der Waals surface area contributed by atoms with E-state index in [2.05, 4.69) is 0 Å². The van der Waals surface area contributed by atoms with Crippen LogP contribution in [0.3, 0.4) is 0 Å². The fraction of sp³-hybridized carbons (Fsp3) is 0.133. The quantitative estimate of drug-likeness (QED) is 0.742. The molecular weight excluding hydrogens is 212 g/mol. The van der Waals surface area contributed by atoms with Crippen molar-refractivity contribution < 1.29 is 9.53 Å². The van der Waals surface area contributed by atoms with Crippen LogP contribution in [-0.2, 0) is 0 Å². The number of aldehydes is 1. The highest BCUT2D eigenvalue weighted by atomic mass is 16.5. The highest BCUT2D eigenvalue weighted by Gasteiger charge is 2.03. The van der Waals surface area contributed by atoms with Gasteiger partial charge in [-0.2, -0.15) is 0 Å². The van der Waals surface area contributed by atoms with E-state index >= 15 is 0 Å². The number of carbonyl (C=O) groups excluding carboxylic acids is 1. The molecule has 2 rings (SSSR count). The average molecular weight is 226 g/mol. The van der Waals surface area contributed by atoms with Crippen LogP contribution in [-0.4, -0.2) is 6.29 Å². The maximum absolute atomic E-state index is 10.7. The van der Waals surface area contributed by atoms with Gasteiger partial charge >= 0.3 is 0 Å². The Morgan fingerprint density at radius 3 is 2.59 bits per heavy atom. The molecule has 0 saturated heterocycles. The van der Waals surface area contributed by atoms with E-state index in [4.69, 9.17) is 4.74 Å². The van der Waals surface area contributed by atoms with E-state index in [9.17, 15) is 4.79 Å². The molecule has 86 valence electrons. The van der Waals surface area contributed by atoms with Crippen molar-refractivity contribution in [2.75, 3.05) is 0 Å². The summed E-state index contributed by atoms with van der Waals surface area (Å²) < 4.78 is 5.77. The van der Waals surface area contributed by atoms with Gasteiger partial charge in [0.05, 0.1) is 0 Å². The maximum Gasteiger partial charge on any atom is 0.150 e. The number of hydrogen-bond acceptors (Lipinski definition) is 2. The Morgan fingerprint density at radius 2 is 1.82 bits per heavy atom. The van der Waals surface area contributed by atoms with E-state index in [0.29, 0.717) is 11.3 Å². The number of carbonyl (C=O) groups is 1. The molecule has 0 amide bonds. The summed E-state index contributed by atoms with van der Waals surface area (Å²) >= 11 is 0. The third-order valence-corrected chi connectivity index (χ3v) is 2.78. The van der Waals surface area contributed by atoms with Crippen LogP contribution >= 0.6 is 0 Å². The van der Waals surface area contributed by atoms with E-state index in [-0.39, 0.29) is 0 Å². The lowest BCUT2D eigenvalue weighted by Gasteiger charge is -2.10. The van der Waals surface area contributed by atoms with E-state index < -0.39 is 0 Å². The average Bonchev–Trinajstić information content (AvgIpc) is 2.35. The number of benzene rings is 2. The van der Waals surface area contributed by atoms with Crippen LogP contribution in [0.5, 0.6) is 11.5 Å². The molecule has 0 heterocycles. The van der Waals surface area contributed by atoms with Crippen molar-refractivity contribution in [2.45, 2.75) is 13.8 Å². The molecule has 0 unspecified atom stereocenters. The zero-order valence-electron chi connectivity index (χ0n) is 9.94. The molecule has 2 nitrogen and oxygen atoms in total. The van der Waals surface area contributed by atoms with Gasteiger partial charge in [0.1, 0.15) is 17.8 Å². The second kappa shape index (κ2) is 4.83. The molecule has 0 aromatic heterocycles. The third kappa shape index (κ3) is 2.53. The monoisotopic (exact) mass is 226 g/mol. The summed E-state index contributed by atoms with van der Waals surface area (Å²) in [5, 5.41) is 0. The van der Waals surface area contributed by atoms with Crippen molar-refractivity contribution in [3.8, 4) is 11.5 Å². The summed E-state index contributed by atoms with van der Waals surface area (Å²) in [5.74, 6) is 1.51. The first-order valence-corrected chi connectivity index (χ1v) is 5.50. The number of aryl methyl sites for hydroxylation is 1. The van der Waals surface area contributed by atoms with Crippen LogP contribution in [0.2, 0.25) is 0 Å². The van der Waals surface area contributed by atoms with Crippen molar-refractivity contribution in [1.82, 2.24) is 0 Å². The summed E-state index contributed by atoms with van der Waals surface area (Å²) in [6, 6.07) is 13.1. The van der Waals surface area contributed by atoms with E-state index in [0.717, 1.165) is 17.6 Å². The predicted octanol–water partition coefficient (Wildman–Crippen LogP) is 3.91. The Bertz CT molecular complexity index is 544. The predicted molar refractivity (Wildman–Crippen MR) is 67.8 cm³/mol. The number of rotatable bonds is 3. The van der Waals surface area contributed by atoms with E-state index in [1.165, 1.54) is 5.56 Å². The molecule has 0 atom stereocenters. The molecular formula is C15H14O2. The van der Waals surface area contributed by atoms with Crippen LogP contribution in [0.1, 0.15) is 21.5 Å². The SMILES string of the molecule is Cc1cccc(Oc2cccc(C=O)c2)c1C. The Labute approximate surface area is 101 Å². The van der Waals surface area contributed by atoms with Crippen LogP contribution in [0.4, 0.5) is 0 Å². The van der Waals surface area contributed by atoms with Crippen LogP contribution < -0.4 is 4.74 Å². The van der Waals surface area contributed by atoms with Gasteiger partial charge in [0.15, 0.2) is 0 Å². The van der Waals surface area contributed by atoms with Gasteiger partial charge in [0.2, 0.25) is 0 Å². The summed E-state index contributed by atoms with van der Waals surface area (Å²) in [7, 11) is 0. The molecule has 0 aliphatic heterocycles. The zero-order chi connectivity index (χ0) is 12.3. The lowest BCUT2D eigenvalue weighted by Crippen LogP contribution is -1.90. The molecule has 0 aliphatic carbocycles. The minimum atomic E-state index is 0.618. The molecule has 2 aromatic rings. The molecule has 0 bridgehead atoms. The largest absolute Gasteiger partial charge is 0.457 e.